The van der Waals surface area contributed by atoms with Gasteiger partial charge in [-0.3, -0.25) is 9.59 Å². The van der Waals surface area contributed by atoms with Gasteiger partial charge < -0.3 is 20.2 Å². The highest BCUT2D eigenvalue weighted by molar-refractivity contribution is 8.23. The molecule has 0 radical (unpaired) electrons. The van der Waals surface area contributed by atoms with Gasteiger partial charge in [0.1, 0.15) is 21.8 Å². The minimum Gasteiger partial charge on any atom is -0.480 e. The molecule has 3 unspecified atom stereocenters. The van der Waals surface area contributed by atoms with Gasteiger partial charge in [-0.15, -0.1) is 11.8 Å². The third-order valence-electron chi connectivity index (χ3n) is 6.18. The molecule has 3 aliphatic rings. The third-order valence-corrected chi connectivity index (χ3v) is 9.87. The molecular weight excluding hydrogens is 466 g/mol. The highest BCUT2D eigenvalue weighted by Gasteiger charge is 2.65. The Morgan fingerprint density at radius 3 is 2.59 bits per heavy atom. The van der Waals surface area contributed by atoms with E-state index < -0.39 is 22.8 Å². The average Bonchev–Trinajstić information content (AvgIpc) is 3.07. The van der Waals surface area contributed by atoms with Crippen LogP contribution in [-0.2, 0) is 20.8 Å². The number of β-lactam (4-membered cyclic amide) rings is 1. The second kappa shape index (κ2) is 9.61. The highest BCUT2D eigenvalue weighted by atomic mass is 32.2. The average molecular weight is 494 g/mol. The first-order valence-electron chi connectivity index (χ1n) is 10.8. The van der Waals surface area contributed by atoms with Gasteiger partial charge in [-0.2, -0.15) is 0 Å². The Bertz CT molecular complexity index is 909. The van der Waals surface area contributed by atoms with E-state index in [0.29, 0.717) is 5.75 Å². The van der Waals surface area contributed by atoms with E-state index in [1.54, 1.807) is 0 Å². The van der Waals surface area contributed by atoms with Crippen molar-refractivity contribution >= 4 is 57.8 Å². The fourth-order valence-corrected chi connectivity index (χ4v) is 7.82. The Morgan fingerprint density at radius 1 is 1.25 bits per heavy atom. The molecule has 2 amide bonds. The molecule has 3 heterocycles. The number of thioether (sulfide) groups is 2. The molecule has 0 aliphatic carbocycles. The number of thiocarbonyl (C=S) groups is 1. The van der Waals surface area contributed by atoms with Gasteiger partial charge in [0, 0.05) is 18.8 Å². The van der Waals surface area contributed by atoms with E-state index in [1.807, 2.05) is 37.3 Å². The summed E-state index contributed by atoms with van der Waals surface area (Å²) in [7, 11) is 0. The lowest BCUT2D eigenvalue weighted by Crippen LogP contribution is -2.70. The molecule has 2 N–H and O–H groups in total. The summed E-state index contributed by atoms with van der Waals surface area (Å²) >= 11 is 8.55. The number of carbonyl (C=O) groups excluding carboxylic acids is 2. The van der Waals surface area contributed by atoms with E-state index >= 15 is 0 Å². The number of nitrogens with zero attached hydrogens (tertiary/aromatic N) is 2. The number of amides is 2. The van der Waals surface area contributed by atoms with E-state index in [-0.39, 0.29) is 23.6 Å². The molecule has 3 fully saturated rings. The number of aliphatic carboxylic acids is 1. The highest BCUT2D eigenvalue weighted by Crippen LogP contribution is 2.52. The predicted molar refractivity (Wildman–Crippen MR) is 131 cm³/mol. The molecule has 1 aromatic carbocycles. The van der Waals surface area contributed by atoms with Crippen molar-refractivity contribution in [2.24, 2.45) is 0 Å². The normalized spacial score (nSPS) is 29.3. The molecule has 4 rings (SSSR count). The smallest absolute Gasteiger partial charge is 0.327 e. The molecule has 172 valence electrons. The predicted octanol–water partition coefficient (Wildman–Crippen LogP) is 2.34. The van der Waals surface area contributed by atoms with Crippen LogP contribution in [-0.4, -0.2) is 78.1 Å². The maximum Gasteiger partial charge on any atom is 0.327 e. The van der Waals surface area contributed by atoms with Crippen LogP contribution in [0.15, 0.2) is 30.3 Å². The van der Waals surface area contributed by atoms with Gasteiger partial charge >= 0.3 is 5.97 Å². The summed E-state index contributed by atoms with van der Waals surface area (Å²) in [5.41, 5.74) is 0.864. The van der Waals surface area contributed by atoms with Crippen molar-refractivity contribution in [2.45, 2.75) is 54.8 Å². The van der Waals surface area contributed by atoms with Crippen molar-refractivity contribution in [3.05, 3.63) is 35.9 Å². The van der Waals surface area contributed by atoms with Gasteiger partial charge in [0.25, 0.3) is 0 Å². The van der Waals surface area contributed by atoms with E-state index in [1.165, 1.54) is 34.8 Å². The summed E-state index contributed by atoms with van der Waals surface area (Å²) in [6.45, 7) is 3.78. The van der Waals surface area contributed by atoms with Crippen LogP contribution < -0.4 is 5.32 Å². The standard InChI is InChI=1S/C22H27N3O4S3/c1-22(13-31-21(30)24-10-6-3-7-11-24)17(20(28)29)25-18(27)16(19(25)32-22)23-15(26)12-14-8-4-2-5-9-14/h2,4-5,8-9,16-17,19H,3,6-7,10-13H2,1H3,(H,23,26)(H,28,29)/t16?,17?,19-,22?/m0/s1. The number of hydrogen-bond donors (Lipinski definition) is 2. The summed E-state index contributed by atoms with van der Waals surface area (Å²) in [4.78, 5) is 41.0. The molecule has 0 bridgehead atoms. The Kier molecular flexibility index (Phi) is 7.02. The number of carbonyl (C=O) groups is 3. The van der Waals surface area contributed by atoms with E-state index in [4.69, 9.17) is 12.2 Å². The first kappa shape index (κ1) is 23.4. The molecule has 32 heavy (non-hydrogen) atoms. The number of carboxylic acid groups (broad SMARTS) is 1. The second-order valence-electron chi connectivity index (χ2n) is 8.62. The summed E-state index contributed by atoms with van der Waals surface area (Å²) in [6, 6.07) is 7.69. The summed E-state index contributed by atoms with van der Waals surface area (Å²) in [5, 5.41) is 12.4. The fraction of sp³-hybridized carbons (Fsp3) is 0.545. The number of likely N-dealkylation sites (tertiary alicyclic amines) is 1. The molecule has 0 spiro atoms. The van der Waals surface area contributed by atoms with Crippen LogP contribution in [0.25, 0.3) is 0 Å². The molecule has 0 saturated carbocycles. The largest absolute Gasteiger partial charge is 0.480 e. The zero-order valence-corrected chi connectivity index (χ0v) is 20.3. The Balaban J connectivity index is 1.40. The van der Waals surface area contributed by atoms with E-state index in [0.717, 1.165) is 35.8 Å². The number of benzene rings is 1. The van der Waals surface area contributed by atoms with Gasteiger partial charge in [0.2, 0.25) is 11.8 Å². The van der Waals surface area contributed by atoms with E-state index in [2.05, 4.69) is 10.2 Å². The third kappa shape index (κ3) is 4.63. The first-order chi connectivity index (χ1) is 15.3. The maximum atomic E-state index is 12.8. The van der Waals surface area contributed by atoms with Crippen LogP contribution in [0.3, 0.4) is 0 Å². The minimum absolute atomic E-state index is 0.182. The topological polar surface area (TPSA) is 90.0 Å². The van der Waals surface area contributed by atoms with Crippen molar-refractivity contribution < 1.29 is 19.5 Å². The van der Waals surface area contributed by atoms with Crippen molar-refractivity contribution in [1.29, 1.82) is 0 Å². The van der Waals surface area contributed by atoms with Crippen molar-refractivity contribution in [3.63, 3.8) is 0 Å². The lowest BCUT2D eigenvalue weighted by atomic mass is 9.95. The number of fused-ring (bicyclic) bond motifs is 1. The maximum absolute atomic E-state index is 12.8. The summed E-state index contributed by atoms with van der Waals surface area (Å²) in [6.07, 6.45) is 3.65. The van der Waals surface area contributed by atoms with Crippen molar-refractivity contribution in [2.75, 3.05) is 18.8 Å². The van der Waals surface area contributed by atoms with Crippen LogP contribution in [0.5, 0.6) is 0 Å². The number of hydrogen-bond acceptors (Lipinski definition) is 6. The molecular formula is C22H27N3O4S3. The molecule has 4 atom stereocenters. The molecule has 3 saturated heterocycles. The zero-order chi connectivity index (χ0) is 22.9. The lowest BCUT2D eigenvalue weighted by molar-refractivity contribution is -0.161. The second-order valence-corrected chi connectivity index (χ2v) is 11.9. The Morgan fingerprint density at radius 2 is 1.94 bits per heavy atom. The molecule has 0 aromatic heterocycles. The molecule has 1 aromatic rings. The van der Waals surface area contributed by atoms with Crippen molar-refractivity contribution in [3.8, 4) is 0 Å². The Labute approximate surface area is 201 Å². The number of rotatable bonds is 6. The van der Waals surface area contributed by atoms with Gasteiger partial charge in [0.15, 0.2) is 0 Å². The fourth-order valence-electron chi connectivity index (χ4n) is 4.52. The van der Waals surface area contributed by atoms with Crippen LogP contribution in [0.4, 0.5) is 0 Å². The monoisotopic (exact) mass is 493 g/mol. The lowest BCUT2D eigenvalue weighted by Gasteiger charge is -2.43. The van der Waals surface area contributed by atoms with Crippen LogP contribution in [0.2, 0.25) is 0 Å². The number of piperidine rings is 1. The van der Waals surface area contributed by atoms with Crippen LogP contribution in [0.1, 0.15) is 31.7 Å². The quantitative estimate of drug-likeness (QED) is 0.461. The SMILES string of the molecule is CC1(CSC(=S)N2CCCCC2)S[C@H]2C(NC(=O)Cc3ccccc3)C(=O)N2C1C(=O)O. The number of carboxylic acids is 1. The number of nitrogens with one attached hydrogen (secondary N) is 1. The first-order valence-corrected chi connectivity index (χ1v) is 13.1. The van der Waals surface area contributed by atoms with Gasteiger partial charge in [-0.05, 0) is 31.7 Å². The van der Waals surface area contributed by atoms with Gasteiger partial charge in [0.05, 0.1) is 11.2 Å². The summed E-state index contributed by atoms with van der Waals surface area (Å²) < 4.78 is 0.0965. The summed E-state index contributed by atoms with van der Waals surface area (Å²) in [5.74, 6) is -1.09. The van der Waals surface area contributed by atoms with Crippen LogP contribution in [0, 0.1) is 0 Å². The van der Waals surface area contributed by atoms with Crippen LogP contribution >= 0.6 is 35.7 Å². The zero-order valence-electron chi connectivity index (χ0n) is 17.9. The van der Waals surface area contributed by atoms with Crippen molar-refractivity contribution in [1.82, 2.24) is 15.1 Å². The van der Waals surface area contributed by atoms with E-state index in [9.17, 15) is 19.5 Å². The van der Waals surface area contributed by atoms with Gasteiger partial charge in [-0.1, -0.05) is 54.3 Å². The molecule has 10 heteroatoms. The van der Waals surface area contributed by atoms with Gasteiger partial charge in [-0.25, -0.2) is 4.79 Å². The minimum atomic E-state index is -1.02. The molecule has 7 nitrogen and oxygen atoms in total. The molecule has 3 aliphatic heterocycles. The Hall–Kier alpha value is -1.78.